The van der Waals surface area contributed by atoms with Gasteiger partial charge in [-0.3, -0.25) is 4.79 Å². The van der Waals surface area contributed by atoms with Crippen LogP contribution in [-0.2, 0) is 0 Å². The summed E-state index contributed by atoms with van der Waals surface area (Å²) in [4.78, 5) is 12.3. The Morgan fingerprint density at radius 3 is 2.38 bits per heavy atom. The highest BCUT2D eigenvalue weighted by Gasteiger charge is 2.14. The number of rotatable bonds is 5. The Kier molecular flexibility index (Phi) is 4.61. The number of hydrogen-bond acceptors (Lipinski definition) is 4. The number of ketones is 1. The van der Waals surface area contributed by atoms with E-state index in [1.807, 2.05) is 24.3 Å². The summed E-state index contributed by atoms with van der Waals surface area (Å²) in [7, 11) is 3.02. The maximum absolute atomic E-state index is 12.3. The first-order valence-electron chi connectivity index (χ1n) is 6.38. The molecule has 4 heteroatoms. The first kappa shape index (κ1) is 14.7. The largest absolute Gasteiger partial charge is 0.507 e. The maximum atomic E-state index is 12.3. The molecule has 0 saturated carbocycles. The van der Waals surface area contributed by atoms with Gasteiger partial charge in [-0.15, -0.1) is 0 Å². The topological polar surface area (TPSA) is 55.8 Å². The summed E-state index contributed by atoms with van der Waals surface area (Å²) in [5.41, 5.74) is 0.925. The van der Waals surface area contributed by atoms with Crippen molar-refractivity contribution in [2.45, 2.75) is 0 Å². The van der Waals surface area contributed by atoms with Crippen molar-refractivity contribution in [3.8, 4) is 17.2 Å². The highest BCUT2D eigenvalue weighted by molar-refractivity contribution is 6.10. The van der Waals surface area contributed by atoms with Crippen molar-refractivity contribution < 1.29 is 19.4 Å². The standard InChI is InChI=1S/C17H16O4/c1-20-15-8-4-3-6-12(15)10-11-14(19)17-13(18)7-5-9-16(17)21-2/h3-11,18H,1-2H3. The predicted octanol–water partition coefficient (Wildman–Crippen LogP) is 3.31. The van der Waals surface area contributed by atoms with E-state index in [1.54, 1.807) is 25.3 Å². The number of hydrogen-bond donors (Lipinski definition) is 1. The molecule has 108 valence electrons. The van der Waals surface area contributed by atoms with Crippen LogP contribution in [0.2, 0.25) is 0 Å². The Bertz CT molecular complexity index is 674. The first-order valence-corrected chi connectivity index (χ1v) is 6.38. The number of para-hydroxylation sites is 1. The molecule has 0 saturated heterocycles. The molecule has 0 spiro atoms. The SMILES string of the molecule is COc1ccccc1C=CC(=O)c1c(O)cccc1OC. The van der Waals surface area contributed by atoms with Crippen molar-refractivity contribution >= 4 is 11.9 Å². The lowest BCUT2D eigenvalue weighted by molar-refractivity contribution is 0.104. The molecular formula is C17H16O4. The van der Waals surface area contributed by atoms with Crippen molar-refractivity contribution in [2.75, 3.05) is 14.2 Å². The molecule has 0 amide bonds. The molecule has 1 N–H and O–H groups in total. The first-order chi connectivity index (χ1) is 10.2. The average molecular weight is 284 g/mol. The van der Waals surface area contributed by atoms with Gasteiger partial charge in [-0.2, -0.15) is 0 Å². The quantitative estimate of drug-likeness (QED) is 0.676. The lowest BCUT2D eigenvalue weighted by atomic mass is 10.1. The molecule has 2 aromatic rings. The number of benzene rings is 2. The second kappa shape index (κ2) is 6.61. The van der Waals surface area contributed by atoms with Crippen molar-refractivity contribution in [3.05, 3.63) is 59.7 Å². The van der Waals surface area contributed by atoms with E-state index in [0.717, 1.165) is 5.56 Å². The summed E-state index contributed by atoms with van der Waals surface area (Å²) in [6, 6.07) is 12.1. The molecule has 21 heavy (non-hydrogen) atoms. The Morgan fingerprint density at radius 2 is 1.67 bits per heavy atom. The van der Waals surface area contributed by atoms with Crippen LogP contribution in [0.5, 0.6) is 17.2 Å². The van der Waals surface area contributed by atoms with E-state index in [4.69, 9.17) is 9.47 Å². The fourth-order valence-electron chi connectivity index (χ4n) is 1.99. The van der Waals surface area contributed by atoms with Crippen LogP contribution in [0, 0.1) is 0 Å². The van der Waals surface area contributed by atoms with E-state index in [9.17, 15) is 9.90 Å². The molecule has 0 aliphatic heterocycles. The third kappa shape index (κ3) is 3.23. The van der Waals surface area contributed by atoms with Crippen molar-refractivity contribution in [2.24, 2.45) is 0 Å². The van der Waals surface area contributed by atoms with Crippen LogP contribution in [0.3, 0.4) is 0 Å². The molecule has 0 bridgehead atoms. The van der Waals surface area contributed by atoms with Crippen LogP contribution in [-0.4, -0.2) is 25.1 Å². The monoisotopic (exact) mass is 284 g/mol. The molecule has 4 nitrogen and oxygen atoms in total. The molecule has 0 aromatic heterocycles. The minimum Gasteiger partial charge on any atom is -0.507 e. The summed E-state index contributed by atoms with van der Waals surface area (Å²) in [5, 5.41) is 9.83. The number of allylic oxidation sites excluding steroid dienone is 1. The van der Waals surface area contributed by atoms with Crippen LogP contribution >= 0.6 is 0 Å². The molecule has 0 radical (unpaired) electrons. The molecule has 0 fully saturated rings. The number of ether oxygens (including phenoxy) is 2. The van der Waals surface area contributed by atoms with E-state index in [1.165, 1.54) is 19.3 Å². The molecule has 0 aliphatic rings. The highest BCUT2D eigenvalue weighted by Crippen LogP contribution is 2.28. The van der Waals surface area contributed by atoms with E-state index in [0.29, 0.717) is 11.5 Å². The van der Waals surface area contributed by atoms with Crippen LogP contribution in [0.15, 0.2) is 48.5 Å². The van der Waals surface area contributed by atoms with E-state index in [2.05, 4.69) is 0 Å². The second-order valence-corrected chi connectivity index (χ2v) is 4.29. The molecular weight excluding hydrogens is 268 g/mol. The van der Waals surface area contributed by atoms with Crippen molar-refractivity contribution in [3.63, 3.8) is 0 Å². The lowest BCUT2D eigenvalue weighted by Crippen LogP contribution is -1.99. The van der Waals surface area contributed by atoms with Gasteiger partial charge in [0.1, 0.15) is 22.8 Å². The molecule has 0 heterocycles. The minimum atomic E-state index is -0.337. The van der Waals surface area contributed by atoms with Crippen molar-refractivity contribution in [1.29, 1.82) is 0 Å². The second-order valence-electron chi connectivity index (χ2n) is 4.29. The Morgan fingerprint density at radius 1 is 1.00 bits per heavy atom. The minimum absolute atomic E-state index is 0.107. The van der Waals surface area contributed by atoms with Crippen LogP contribution in [0.25, 0.3) is 6.08 Å². The molecule has 2 aromatic carbocycles. The summed E-state index contributed by atoms with van der Waals surface area (Å²) >= 11 is 0. The van der Waals surface area contributed by atoms with Gasteiger partial charge < -0.3 is 14.6 Å². The Balaban J connectivity index is 2.32. The number of aromatic hydroxyl groups is 1. The fourth-order valence-corrected chi connectivity index (χ4v) is 1.99. The summed E-state index contributed by atoms with van der Waals surface area (Å²) in [6.45, 7) is 0. The zero-order chi connectivity index (χ0) is 15.2. The molecule has 0 atom stereocenters. The summed E-state index contributed by atoms with van der Waals surface area (Å²) < 4.78 is 10.3. The predicted molar refractivity (Wildman–Crippen MR) is 81.0 cm³/mol. The lowest BCUT2D eigenvalue weighted by Gasteiger charge is -2.07. The van der Waals surface area contributed by atoms with E-state index < -0.39 is 0 Å². The Labute approximate surface area is 123 Å². The van der Waals surface area contributed by atoms with Gasteiger partial charge in [-0.05, 0) is 30.4 Å². The number of methoxy groups -OCH3 is 2. The summed E-state index contributed by atoms with van der Waals surface area (Å²) in [5.74, 6) is 0.565. The number of phenolic OH excluding ortho intramolecular Hbond substituents is 1. The maximum Gasteiger partial charge on any atom is 0.193 e. The van der Waals surface area contributed by atoms with Gasteiger partial charge in [0.05, 0.1) is 14.2 Å². The van der Waals surface area contributed by atoms with Crippen LogP contribution in [0.4, 0.5) is 0 Å². The van der Waals surface area contributed by atoms with Gasteiger partial charge in [0.15, 0.2) is 5.78 Å². The van der Waals surface area contributed by atoms with Gasteiger partial charge in [0.25, 0.3) is 0 Å². The van der Waals surface area contributed by atoms with E-state index in [-0.39, 0.29) is 17.1 Å². The zero-order valence-electron chi connectivity index (χ0n) is 11.9. The van der Waals surface area contributed by atoms with Gasteiger partial charge in [0, 0.05) is 5.56 Å². The van der Waals surface area contributed by atoms with Crippen LogP contribution < -0.4 is 9.47 Å². The third-order valence-corrected chi connectivity index (χ3v) is 3.02. The fraction of sp³-hybridized carbons (Fsp3) is 0.118. The van der Waals surface area contributed by atoms with Crippen molar-refractivity contribution in [1.82, 2.24) is 0 Å². The zero-order valence-corrected chi connectivity index (χ0v) is 11.9. The molecule has 0 aliphatic carbocycles. The van der Waals surface area contributed by atoms with Gasteiger partial charge in [-0.25, -0.2) is 0 Å². The third-order valence-electron chi connectivity index (χ3n) is 3.02. The smallest absolute Gasteiger partial charge is 0.193 e. The molecule has 2 rings (SSSR count). The number of carbonyl (C=O) groups excluding carboxylic acids is 1. The molecule has 0 unspecified atom stereocenters. The highest BCUT2D eigenvalue weighted by atomic mass is 16.5. The number of carbonyl (C=O) groups is 1. The Hall–Kier alpha value is -2.75. The van der Waals surface area contributed by atoms with Gasteiger partial charge in [0.2, 0.25) is 0 Å². The van der Waals surface area contributed by atoms with Crippen LogP contribution in [0.1, 0.15) is 15.9 Å². The number of phenols is 1. The van der Waals surface area contributed by atoms with E-state index >= 15 is 0 Å². The average Bonchev–Trinajstić information content (AvgIpc) is 2.52. The normalized spacial score (nSPS) is 10.6. The summed E-state index contributed by atoms with van der Waals surface area (Å²) in [6.07, 6.45) is 3.03. The van der Waals surface area contributed by atoms with Gasteiger partial charge >= 0.3 is 0 Å². The van der Waals surface area contributed by atoms with Gasteiger partial charge in [-0.1, -0.05) is 24.3 Å².